The Morgan fingerprint density at radius 3 is 2.13 bits per heavy atom. The number of carbonyl (C=O) groups excluding carboxylic acids is 1. The van der Waals surface area contributed by atoms with E-state index in [4.69, 9.17) is 10.1 Å². The number of rotatable bonds is 6. The first-order chi connectivity index (χ1) is 14.4. The number of primary sulfonamides is 1. The summed E-state index contributed by atoms with van der Waals surface area (Å²) < 4.78 is 22.9. The minimum Gasteiger partial charge on any atom is -0.346 e. The number of aromatic nitrogens is 1. The normalized spacial score (nSPS) is 11.4. The lowest BCUT2D eigenvalue weighted by Crippen LogP contribution is -2.22. The van der Waals surface area contributed by atoms with Crippen molar-refractivity contribution in [3.05, 3.63) is 82.6 Å². The minimum absolute atomic E-state index is 0.0703. The number of nitrogens with two attached hydrogens (primary N) is 1. The SMILES string of the molecule is NS(=O)(=O)c1ccc(CNC(=O)c2sc(-c3ccccc3)nc2-c2ccccc2)s1. The highest BCUT2D eigenvalue weighted by molar-refractivity contribution is 7.91. The van der Waals surface area contributed by atoms with Gasteiger partial charge in [0.05, 0.1) is 12.2 Å². The molecule has 4 aromatic rings. The molecule has 0 saturated heterocycles. The number of hydrogen-bond donors (Lipinski definition) is 2. The molecular formula is C21H17N3O3S3. The van der Waals surface area contributed by atoms with Crippen molar-refractivity contribution in [1.82, 2.24) is 10.3 Å². The molecule has 4 rings (SSSR count). The van der Waals surface area contributed by atoms with E-state index < -0.39 is 10.0 Å². The summed E-state index contributed by atoms with van der Waals surface area (Å²) in [5, 5.41) is 8.77. The zero-order valence-electron chi connectivity index (χ0n) is 15.6. The maximum atomic E-state index is 13.0. The second kappa shape index (κ2) is 8.49. The van der Waals surface area contributed by atoms with Crippen LogP contribution < -0.4 is 10.5 Å². The third-order valence-electron chi connectivity index (χ3n) is 4.24. The Hall–Kier alpha value is -2.85. The van der Waals surface area contributed by atoms with Gasteiger partial charge in [0.1, 0.15) is 14.1 Å². The number of nitrogens with one attached hydrogen (secondary N) is 1. The molecule has 0 aliphatic rings. The van der Waals surface area contributed by atoms with E-state index in [1.807, 2.05) is 60.7 Å². The highest BCUT2D eigenvalue weighted by atomic mass is 32.2. The average molecular weight is 456 g/mol. The summed E-state index contributed by atoms with van der Waals surface area (Å²) in [5.41, 5.74) is 2.41. The molecule has 0 fully saturated rings. The molecular weight excluding hydrogens is 438 g/mol. The Kier molecular flexibility index (Phi) is 5.78. The Morgan fingerprint density at radius 1 is 0.900 bits per heavy atom. The van der Waals surface area contributed by atoms with Gasteiger partial charge in [-0.15, -0.1) is 22.7 Å². The van der Waals surface area contributed by atoms with Gasteiger partial charge in [0.2, 0.25) is 10.0 Å². The number of sulfonamides is 1. The topological polar surface area (TPSA) is 102 Å². The Balaban J connectivity index is 1.62. The molecule has 30 heavy (non-hydrogen) atoms. The molecule has 0 bridgehead atoms. The van der Waals surface area contributed by atoms with Crippen molar-refractivity contribution in [1.29, 1.82) is 0 Å². The zero-order valence-corrected chi connectivity index (χ0v) is 18.1. The van der Waals surface area contributed by atoms with Crippen molar-refractivity contribution >= 4 is 38.6 Å². The standard InChI is InChI=1S/C21H17N3O3S3/c22-30(26,27)17-12-11-16(28-17)13-23-20(25)19-18(14-7-3-1-4-8-14)24-21(29-19)15-9-5-2-6-10-15/h1-12H,13H2,(H,23,25)(H2,22,26,27). The lowest BCUT2D eigenvalue weighted by molar-refractivity contribution is 0.0955. The van der Waals surface area contributed by atoms with Crippen molar-refractivity contribution in [2.24, 2.45) is 5.14 Å². The molecule has 0 spiro atoms. The number of carbonyl (C=O) groups is 1. The lowest BCUT2D eigenvalue weighted by atomic mass is 10.1. The summed E-state index contributed by atoms with van der Waals surface area (Å²) in [6.45, 7) is 0.200. The van der Waals surface area contributed by atoms with Gasteiger partial charge in [0.15, 0.2) is 0 Å². The fourth-order valence-electron chi connectivity index (χ4n) is 2.82. The van der Waals surface area contributed by atoms with E-state index in [1.54, 1.807) is 6.07 Å². The van der Waals surface area contributed by atoms with Crippen LogP contribution in [0.15, 0.2) is 77.0 Å². The third-order valence-corrected chi connectivity index (χ3v) is 7.87. The molecule has 0 atom stereocenters. The van der Waals surface area contributed by atoms with Crippen molar-refractivity contribution in [2.45, 2.75) is 10.8 Å². The molecule has 0 saturated carbocycles. The van der Waals surface area contributed by atoms with E-state index in [1.165, 1.54) is 17.4 Å². The number of nitrogens with zero attached hydrogens (tertiary/aromatic N) is 1. The number of benzene rings is 2. The molecule has 0 unspecified atom stereocenters. The minimum atomic E-state index is -3.74. The summed E-state index contributed by atoms with van der Waals surface area (Å²) in [4.78, 5) is 18.9. The van der Waals surface area contributed by atoms with E-state index in [9.17, 15) is 13.2 Å². The third kappa shape index (κ3) is 4.49. The predicted molar refractivity (Wildman–Crippen MR) is 120 cm³/mol. The summed E-state index contributed by atoms with van der Waals surface area (Å²) in [6.07, 6.45) is 0. The number of amides is 1. The first-order valence-corrected chi connectivity index (χ1v) is 12.1. The molecule has 0 aliphatic heterocycles. The Morgan fingerprint density at radius 2 is 1.53 bits per heavy atom. The first kappa shape index (κ1) is 20.4. The molecule has 3 N–H and O–H groups in total. The largest absolute Gasteiger partial charge is 0.346 e. The molecule has 2 aromatic heterocycles. The number of thiophene rings is 1. The van der Waals surface area contributed by atoms with E-state index in [0.29, 0.717) is 15.4 Å². The highest BCUT2D eigenvalue weighted by Gasteiger charge is 2.20. The van der Waals surface area contributed by atoms with Gasteiger partial charge in [-0.3, -0.25) is 4.79 Å². The van der Waals surface area contributed by atoms with Crippen LogP contribution in [0.5, 0.6) is 0 Å². The number of thiazole rings is 1. The summed E-state index contributed by atoms with van der Waals surface area (Å²) in [7, 11) is -3.74. The molecule has 2 heterocycles. The van der Waals surface area contributed by atoms with Gasteiger partial charge in [-0.25, -0.2) is 18.5 Å². The first-order valence-electron chi connectivity index (χ1n) is 8.93. The van der Waals surface area contributed by atoms with Gasteiger partial charge >= 0.3 is 0 Å². The van der Waals surface area contributed by atoms with Crippen LogP contribution in [0, 0.1) is 0 Å². The van der Waals surface area contributed by atoms with Crippen molar-refractivity contribution in [3.8, 4) is 21.8 Å². The van der Waals surface area contributed by atoms with Gasteiger partial charge in [0.25, 0.3) is 5.91 Å². The summed E-state index contributed by atoms with van der Waals surface area (Å²) in [6, 6.07) is 22.3. The quantitative estimate of drug-likeness (QED) is 0.457. The fraction of sp³-hybridized carbons (Fsp3) is 0.0476. The summed E-state index contributed by atoms with van der Waals surface area (Å²) >= 11 is 2.36. The lowest BCUT2D eigenvalue weighted by Gasteiger charge is -2.04. The Bertz CT molecular complexity index is 1280. The van der Waals surface area contributed by atoms with Gasteiger partial charge in [-0.2, -0.15) is 0 Å². The van der Waals surface area contributed by atoms with Crippen molar-refractivity contribution in [3.63, 3.8) is 0 Å². The average Bonchev–Trinajstić information content (AvgIpc) is 3.41. The van der Waals surface area contributed by atoms with Crippen molar-refractivity contribution < 1.29 is 13.2 Å². The molecule has 0 aliphatic carbocycles. The van der Waals surface area contributed by atoms with Crippen LogP contribution in [-0.4, -0.2) is 19.3 Å². The van der Waals surface area contributed by atoms with Crippen LogP contribution in [0.25, 0.3) is 21.8 Å². The fourth-order valence-corrected chi connectivity index (χ4v) is 5.55. The van der Waals surface area contributed by atoms with Crippen LogP contribution in [0.1, 0.15) is 14.5 Å². The van der Waals surface area contributed by atoms with Crippen LogP contribution in [0.4, 0.5) is 0 Å². The zero-order chi connectivity index (χ0) is 21.1. The second-order valence-corrected chi connectivity index (χ2v) is 10.3. The smallest absolute Gasteiger partial charge is 0.263 e. The monoisotopic (exact) mass is 455 g/mol. The van der Waals surface area contributed by atoms with Gasteiger partial charge in [0, 0.05) is 16.0 Å². The van der Waals surface area contributed by atoms with E-state index >= 15 is 0 Å². The number of hydrogen-bond acceptors (Lipinski definition) is 6. The van der Waals surface area contributed by atoms with E-state index in [-0.39, 0.29) is 16.7 Å². The molecule has 2 aromatic carbocycles. The molecule has 1 amide bonds. The molecule has 9 heteroatoms. The van der Waals surface area contributed by atoms with Crippen LogP contribution in [-0.2, 0) is 16.6 Å². The van der Waals surface area contributed by atoms with Gasteiger partial charge in [-0.1, -0.05) is 60.7 Å². The van der Waals surface area contributed by atoms with Crippen LogP contribution >= 0.6 is 22.7 Å². The molecule has 6 nitrogen and oxygen atoms in total. The van der Waals surface area contributed by atoms with Crippen molar-refractivity contribution in [2.75, 3.05) is 0 Å². The van der Waals surface area contributed by atoms with Crippen LogP contribution in [0.2, 0.25) is 0 Å². The molecule has 152 valence electrons. The maximum Gasteiger partial charge on any atom is 0.263 e. The molecule has 0 radical (unpaired) electrons. The second-order valence-electron chi connectivity index (χ2n) is 6.38. The highest BCUT2D eigenvalue weighted by Crippen LogP contribution is 2.34. The Labute approximate surface area is 182 Å². The van der Waals surface area contributed by atoms with Crippen LogP contribution in [0.3, 0.4) is 0 Å². The van der Waals surface area contributed by atoms with Gasteiger partial charge in [-0.05, 0) is 12.1 Å². The predicted octanol–water partition coefficient (Wildman–Crippen LogP) is 4.12. The summed E-state index contributed by atoms with van der Waals surface area (Å²) in [5.74, 6) is -0.265. The van der Waals surface area contributed by atoms with E-state index in [0.717, 1.165) is 27.5 Å². The van der Waals surface area contributed by atoms with E-state index in [2.05, 4.69) is 5.32 Å². The maximum absolute atomic E-state index is 13.0. The van der Waals surface area contributed by atoms with Gasteiger partial charge < -0.3 is 5.32 Å².